The highest BCUT2D eigenvalue weighted by molar-refractivity contribution is 5.94. The van der Waals surface area contributed by atoms with Crippen molar-refractivity contribution in [1.82, 2.24) is 5.32 Å². The lowest BCUT2D eigenvalue weighted by Crippen LogP contribution is -2.33. The third kappa shape index (κ3) is 6.51. The Balaban J connectivity index is 2.46. The lowest BCUT2D eigenvalue weighted by molar-refractivity contribution is 0.0541. The fraction of sp³-hybridized carbons (Fsp3) is 0.273. The first-order chi connectivity index (χ1) is 14.1. The summed E-state index contributed by atoms with van der Waals surface area (Å²) in [5.41, 5.74) is -0.978. The first-order valence-corrected chi connectivity index (χ1v) is 9.35. The van der Waals surface area contributed by atoms with Gasteiger partial charge >= 0.3 is 12.1 Å². The molecule has 0 bridgehead atoms. The van der Waals surface area contributed by atoms with Crippen LogP contribution in [0.5, 0.6) is 5.75 Å². The number of amides is 1. The van der Waals surface area contributed by atoms with E-state index in [1.807, 2.05) is 0 Å². The van der Waals surface area contributed by atoms with Gasteiger partial charge in [0.15, 0.2) is 0 Å². The molecule has 160 valence electrons. The highest BCUT2D eigenvalue weighted by atomic mass is 19.1. The van der Waals surface area contributed by atoms with Crippen LogP contribution in [0.4, 0.5) is 14.9 Å². The van der Waals surface area contributed by atoms with Gasteiger partial charge in [-0.15, -0.1) is 0 Å². The maximum Gasteiger partial charge on any atom is 0.412 e. The van der Waals surface area contributed by atoms with Crippen molar-refractivity contribution in [3.8, 4) is 5.75 Å². The SMILES string of the molecule is CCC(NC(=O)OC(C)(C)C)=C(Nc1cccc(F)c1C(=O)O)Oc1ccccc1. The van der Waals surface area contributed by atoms with Gasteiger partial charge in [-0.05, 0) is 51.5 Å². The summed E-state index contributed by atoms with van der Waals surface area (Å²) in [6.45, 7) is 6.96. The number of nitrogens with one attached hydrogen (secondary N) is 2. The van der Waals surface area contributed by atoms with Crippen LogP contribution in [0.2, 0.25) is 0 Å². The van der Waals surface area contributed by atoms with Gasteiger partial charge < -0.3 is 19.9 Å². The summed E-state index contributed by atoms with van der Waals surface area (Å²) >= 11 is 0. The number of hydrogen-bond acceptors (Lipinski definition) is 5. The lowest BCUT2D eigenvalue weighted by Gasteiger charge is -2.22. The number of carboxylic acid groups (broad SMARTS) is 1. The lowest BCUT2D eigenvalue weighted by atomic mass is 10.1. The summed E-state index contributed by atoms with van der Waals surface area (Å²) in [5.74, 6) is -1.86. The molecule has 3 N–H and O–H groups in total. The number of hydrogen-bond donors (Lipinski definition) is 3. The molecule has 2 aromatic rings. The highest BCUT2D eigenvalue weighted by Gasteiger charge is 2.21. The molecule has 0 spiro atoms. The molecule has 0 saturated heterocycles. The number of rotatable bonds is 7. The van der Waals surface area contributed by atoms with E-state index in [-0.39, 0.29) is 11.6 Å². The van der Waals surface area contributed by atoms with Crippen molar-refractivity contribution in [2.45, 2.75) is 39.7 Å². The number of para-hydroxylation sites is 1. The third-order valence-corrected chi connectivity index (χ3v) is 3.72. The molecule has 2 rings (SSSR count). The Labute approximate surface area is 174 Å². The molecule has 30 heavy (non-hydrogen) atoms. The van der Waals surface area contributed by atoms with Gasteiger partial charge in [0, 0.05) is 0 Å². The Morgan fingerprint density at radius 1 is 1.07 bits per heavy atom. The Morgan fingerprint density at radius 3 is 2.30 bits per heavy atom. The summed E-state index contributed by atoms with van der Waals surface area (Å²) in [6.07, 6.45) is -0.389. The maximum atomic E-state index is 14.1. The van der Waals surface area contributed by atoms with Gasteiger partial charge in [-0.3, -0.25) is 5.32 Å². The van der Waals surface area contributed by atoms with E-state index < -0.39 is 29.0 Å². The molecule has 0 aliphatic heterocycles. The molecule has 2 aromatic carbocycles. The number of aromatic carboxylic acids is 1. The van der Waals surface area contributed by atoms with Gasteiger partial charge in [-0.2, -0.15) is 0 Å². The molecule has 0 unspecified atom stereocenters. The van der Waals surface area contributed by atoms with Gasteiger partial charge in [0.25, 0.3) is 0 Å². The number of carbonyl (C=O) groups is 2. The molecule has 7 nitrogen and oxygen atoms in total. The van der Waals surface area contributed by atoms with Crippen LogP contribution in [0.15, 0.2) is 60.1 Å². The zero-order valence-corrected chi connectivity index (χ0v) is 17.3. The Kier molecular flexibility index (Phi) is 7.41. The molecule has 0 fully saturated rings. The normalized spacial score (nSPS) is 11.9. The standard InChI is InChI=1S/C22H25FN2O5/c1-5-16(25-21(28)30-22(2,3)4)19(29-14-10-7-6-8-11-14)24-17-13-9-12-15(23)18(17)20(26)27/h6-13,24H,5H2,1-4H3,(H,25,28)(H,26,27). The van der Waals surface area contributed by atoms with Crippen molar-refractivity contribution in [2.24, 2.45) is 0 Å². The number of alkyl carbamates (subject to hydrolysis) is 1. The Morgan fingerprint density at radius 2 is 1.73 bits per heavy atom. The van der Waals surface area contributed by atoms with Gasteiger partial charge in [-0.1, -0.05) is 31.2 Å². The van der Waals surface area contributed by atoms with Crippen molar-refractivity contribution < 1.29 is 28.6 Å². The molecule has 0 aromatic heterocycles. The highest BCUT2D eigenvalue weighted by Crippen LogP contribution is 2.24. The van der Waals surface area contributed by atoms with Crippen LogP contribution < -0.4 is 15.4 Å². The van der Waals surface area contributed by atoms with Gasteiger partial charge in [0.05, 0.1) is 11.4 Å². The van der Waals surface area contributed by atoms with Crippen LogP contribution in [0, 0.1) is 5.82 Å². The topological polar surface area (TPSA) is 96.9 Å². The number of allylic oxidation sites excluding steroid dienone is 1. The minimum Gasteiger partial charge on any atom is -0.478 e. The zero-order chi connectivity index (χ0) is 22.3. The number of carboxylic acids is 1. The Hall–Kier alpha value is -3.55. The molecule has 0 heterocycles. The Bertz CT molecular complexity index is 936. The van der Waals surface area contributed by atoms with Crippen molar-refractivity contribution in [2.75, 3.05) is 5.32 Å². The fourth-order valence-corrected chi connectivity index (χ4v) is 2.47. The maximum absolute atomic E-state index is 14.1. The molecule has 0 saturated carbocycles. The predicted molar refractivity (Wildman–Crippen MR) is 111 cm³/mol. The third-order valence-electron chi connectivity index (χ3n) is 3.72. The first kappa shape index (κ1) is 22.7. The second kappa shape index (κ2) is 9.78. The van der Waals surface area contributed by atoms with Crippen molar-refractivity contribution in [3.05, 3.63) is 71.5 Å². The van der Waals surface area contributed by atoms with Gasteiger partial charge in [0.2, 0.25) is 5.88 Å². The zero-order valence-electron chi connectivity index (χ0n) is 17.3. The largest absolute Gasteiger partial charge is 0.478 e. The van der Waals surface area contributed by atoms with E-state index in [4.69, 9.17) is 9.47 Å². The average molecular weight is 416 g/mol. The number of anilines is 1. The second-order valence-electron chi connectivity index (χ2n) is 7.30. The quantitative estimate of drug-likeness (QED) is 0.542. The van der Waals surface area contributed by atoms with Crippen molar-refractivity contribution >= 4 is 17.7 Å². The summed E-state index contributed by atoms with van der Waals surface area (Å²) in [5, 5.41) is 14.8. The number of ether oxygens (including phenoxy) is 2. The van der Waals surface area contributed by atoms with Crippen molar-refractivity contribution in [1.29, 1.82) is 0 Å². The molecule has 0 radical (unpaired) electrons. The summed E-state index contributed by atoms with van der Waals surface area (Å²) in [6, 6.07) is 12.5. The van der Waals surface area contributed by atoms with Crippen LogP contribution in [-0.4, -0.2) is 22.8 Å². The second-order valence-corrected chi connectivity index (χ2v) is 7.30. The van der Waals surface area contributed by atoms with Crippen LogP contribution in [-0.2, 0) is 4.74 Å². The number of benzene rings is 2. The van der Waals surface area contributed by atoms with Crippen molar-refractivity contribution in [3.63, 3.8) is 0 Å². The minimum atomic E-state index is -1.44. The smallest absolute Gasteiger partial charge is 0.412 e. The molecule has 0 atom stereocenters. The van der Waals surface area contributed by atoms with Gasteiger partial charge in [-0.25, -0.2) is 14.0 Å². The molecular formula is C22H25FN2O5. The van der Waals surface area contributed by atoms with Gasteiger partial charge in [0.1, 0.15) is 22.7 Å². The monoisotopic (exact) mass is 416 g/mol. The summed E-state index contributed by atoms with van der Waals surface area (Å²) in [4.78, 5) is 23.8. The van der Waals surface area contributed by atoms with Crippen LogP contribution >= 0.6 is 0 Å². The van der Waals surface area contributed by atoms with Crippen LogP contribution in [0.3, 0.4) is 0 Å². The van der Waals surface area contributed by atoms with Crippen LogP contribution in [0.1, 0.15) is 44.5 Å². The molecule has 0 aliphatic carbocycles. The fourth-order valence-electron chi connectivity index (χ4n) is 2.47. The average Bonchev–Trinajstić information content (AvgIpc) is 2.65. The molecule has 1 amide bonds. The van der Waals surface area contributed by atoms with E-state index in [9.17, 15) is 19.1 Å². The molecule has 0 aliphatic rings. The van der Waals surface area contributed by atoms with E-state index >= 15 is 0 Å². The summed E-state index contributed by atoms with van der Waals surface area (Å²) in [7, 11) is 0. The first-order valence-electron chi connectivity index (χ1n) is 9.35. The van der Waals surface area contributed by atoms with E-state index in [2.05, 4.69) is 10.6 Å². The minimum absolute atomic E-state index is 0.0228. The van der Waals surface area contributed by atoms with E-state index in [1.165, 1.54) is 12.1 Å². The van der Waals surface area contributed by atoms with E-state index in [0.717, 1.165) is 6.07 Å². The molecular weight excluding hydrogens is 391 g/mol. The number of halogens is 1. The van der Waals surface area contributed by atoms with Crippen LogP contribution in [0.25, 0.3) is 0 Å². The predicted octanol–water partition coefficient (Wildman–Crippen LogP) is 5.12. The molecule has 8 heteroatoms. The van der Waals surface area contributed by atoms with E-state index in [0.29, 0.717) is 17.9 Å². The van der Waals surface area contributed by atoms with E-state index in [1.54, 1.807) is 58.0 Å². The summed E-state index contributed by atoms with van der Waals surface area (Å²) < 4.78 is 25.2. The number of carbonyl (C=O) groups excluding carboxylic acids is 1.